The summed E-state index contributed by atoms with van der Waals surface area (Å²) in [5, 5.41) is 0.931. The van der Waals surface area contributed by atoms with Crippen LogP contribution in [0.4, 0.5) is 5.69 Å². The lowest BCUT2D eigenvalue weighted by Crippen LogP contribution is -2.20. The Morgan fingerprint density at radius 3 is 2.59 bits per heavy atom. The molecule has 0 amide bonds. The molecule has 1 aliphatic carbocycles. The summed E-state index contributed by atoms with van der Waals surface area (Å²) in [4.78, 5) is 8.67. The van der Waals surface area contributed by atoms with E-state index in [4.69, 9.17) is 10.5 Å². The van der Waals surface area contributed by atoms with Crippen molar-refractivity contribution in [1.29, 1.82) is 0 Å². The molecule has 2 aromatic heterocycles. The zero-order chi connectivity index (χ0) is 20.2. The van der Waals surface area contributed by atoms with Gasteiger partial charge in [-0.15, -0.1) is 0 Å². The number of fused-ring (bicyclic) bond motifs is 1. The molecule has 1 saturated carbocycles. The number of aromatic nitrogens is 2. The van der Waals surface area contributed by atoms with E-state index < -0.39 is 0 Å². The summed E-state index contributed by atoms with van der Waals surface area (Å²) >= 11 is 0. The normalized spacial score (nSPS) is 19.2. The molecule has 4 rings (SSSR count). The number of hydrogen-bond donors (Lipinski definition) is 1. The van der Waals surface area contributed by atoms with E-state index in [0.717, 1.165) is 41.1 Å². The Balaban J connectivity index is 1.32. The molecule has 2 N–H and O–H groups in total. The van der Waals surface area contributed by atoms with Crippen LogP contribution in [-0.2, 0) is 0 Å². The molecule has 0 saturated heterocycles. The van der Waals surface area contributed by atoms with Crippen LogP contribution in [0.2, 0.25) is 0 Å². The van der Waals surface area contributed by atoms with Gasteiger partial charge in [0, 0.05) is 23.8 Å². The first kappa shape index (κ1) is 19.4. The quantitative estimate of drug-likeness (QED) is 0.580. The summed E-state index contributed by atoms with van der Waals surface area (Å²) in [7, 11) is 0. The zero-order valence-electron chi connectivity index (χ0n) is 17.1. The first-order valence-electron chi connectivity index (χ1n) is 10.5. The van der Waals surface area contributed by atoms with Crippen LogP contribution in [0, 0.1) is 18.8 Å². The molecule has 150 valence electrons. The molecule has 4 heteroatoms. The van der Waals surface area contributed by atoms with Gasteiger partial charge in [-0.1, -0.05) is 12.6 Å². The van der Waals surface area contributed by atoms with Gasteiger partial charge in [-0.3, -0.25) is 9.97 Å². The maximum atomic E-state index is 6.25. The van der Waals surface area contributed by atoms with Gasteiger partial charge in [0.1, 0.15) is 5.75 Å². The Kier molecular flexibility index (Phi) is 5.79. The number of benzene rings is 1. The van der Waals surface area contributed by atoms with Crippen LogP contribution in [0.1, 0.15) is 43.4 Å². The molecule has 0 unspecified atom stereocenters. The summed E-state index contributed by atoms with van der Waals surface area (Å²) in [6.45, 7) is 6.99. The highest BCUT2D eigenvalue weighted by Gasteiger charge is 2.23. The minimum absolute atomic E-state index is 0.593. The second-order valence-corrected chi connectivity index (χ2v) is 8.24. The number of rotatable bonds is 6. The second kappa shape index (κ2) is 8.64. The molecule has 0 spiro atoms. The van der Waals surface area contributed by atoms with Crippen molar-refractivity contribution in [3.63, 3.8) is 0 Å². The Labute approximate surface area is 172 Å². The fourth-order valence-corrected chi connectivity index (χ4v) is 4.41. The molecule has 4 nitrogen and oxygen atoms in total. The van der Waals surface area contributed by atoms with Gasteiger partial charge >= 0.3 is 0 Å². The fraction of sp³-hybridized carbons (Fsp3) is 0.360. The van der Waals surface area contributed by atoms with Crippen molar-refractivity contribution in [2.75, 3.05) is 12.3 Å². The number of ether oxygens (including phenoxy) is 1. The molecule has 0 bridgehead atoms. The Hall–Kier alpha value is -2.88. The maximum Gasteiger partial charge on any atom is 0.130 e. The number of allylic oxidation sites excluding steroid dienone is 1. The standard InChI is InChI=1S/C25H29N3O/c1-17(21-10-12-27-13-11-21)14-19-6-8-20(9-7-19)16-29-24-5-3-4-23-25(24)22(26)15-18(2)28-23/h3-5,10-13,15,19-20H,1,6-9,14,16H2,2H3,(H2,26,28). The third kappa shape index (κ3) is 4.58. The third-order valence-corrected chi connectivity index (χ3v) is 6.02. The van der Waals surface area contributed by atoms with Crippen molar-refractivity contribution >= 4 is 22.2 Å². The molecule has 0 radical (unpaired) electrons. The van der Waals surface area contributed by atoms with E-state index >= 15 is 0 Å². The van der Waals surface area contributed by atoms with Crippen molar-refractivity contribution in [2.24, 2.45) is 11.8 Å². The van der Waals surface area contributed by atoms with Crippen LogP contribution in [0.25, 0.3) is 16.5 Å². The smallest absolute Gasteiger partial charge is 0.130 e. The van der Waals surface area contributed by atoms with Crippen molar-refractivity contribution in [1.82, 2.24) is 9.97 Å². The average Bonchev–Trinajstić information content (AvgIpc) is 2.73. The Bertz CT molecular complexity index is 992. The van der Waals surface area contributed by atoms with Gasteiger partial charge in [0.15, 0.2) is 0 Å². The summed E-state index contributed by atoms with van der Waals surface area (Å²) in [5.74, 6) is 2.16. The molecule has 1 aliphatic rings. The molecule has 29 heavy (non-hydrogen) atoms. The van der Waals surface area contributed by atoms with E-state index in [1.807, 2.05) is 55.7 Å². The number of hydrogen-bond acceptors (Lipinski definition) is 4. The number of aryl methyl sites for hydroxylation is 1. The average molecular weight is 388 g/mol. The number of pyridine rings is 2. The minimum Gasteiger partial charge on any atom is -0.493 e. The summed E-state index contributed by atoms with van der Waals surface area (Å²) < 4.78 is 6.22. The third-order valence-electron chi connectivity index (χ3n) is 6.02. The fourth-order valence-electron chi connectivity index (χ4n) is 4.41. The predicted octanol–water partition coefficient (Wildman–Crippen LogP) is 5.81. The lowest BCUT2D eigenvalue weighted by molar-refractivity contribution is 0.185. The highest BCUT2D eigenvalue weighted by Crippen LogP contribution is 2.36. The van der Waals surface area contributed by atoms with Gasteiger partial charge < -0.3 is 10.5 Å². The van der Waals surface area contributed by atoms with Gasteiger partial charge in [0.25, 0.3) is 0 Å². The highest BCUT2D eigenvalue weighted by atomic mass is 16.5. The highest BCUT2D eigenvalue weighted by molar-refractivity contribution is 5.95. The van der Waals surface area contributed by atoms with Crippen molar-refractivity contribution < 1.29 is 4.74 Å². The van der Waals surface area contributed by atoms with Gasteiger partial charge in [0.05, 0.1) is 17.5 Å². The van der Waals surface area contributed by atoms with E-state index in [9.17, 15) is 0 Å². The minimum atomic E-state index is 0.593. The SMILES string of the molecule is C=C(CC1CCC(COc2cccc3nc(C)cc(N)c23)CC1)c1ccncc1. The van der Waals surface area contributed by atoms with Gasteiger partial charge in [-0.05, 0) is 92.3 Å². The number of nitrogen functional groups attached to an aromatic ring is 1. The monoisotopic (exact) mass is 387 g/mol. The van der Waals surface area contributed by atoms with Crippen molar-refractivity contribution in [3.8, 4) is 5.75 Å². The van der Waals surface area contributed by atoms with E-state index in [1.54, 1.807) is 0 Å². The molecule has 1 aromatic carbocycles. The van der Waals surface area contributed by atoms with Gasteiger partial charge in [0.2, 0.25) is 0 Å². The summed E-state index contributed by atoms with van der Waals surface area (Å²) in [5.41, 5.74) is 11.2. The topological polar surface area (TPSA) is 61.0 Å². The summed E-state index contributed by atoms with van der Waals surface area (Å²) in [6, 6.07) is 12.0. The molecule has 3 aromatic rings. The second-order valence-electron chi connectivity index (χ2n) is 8.24. The van der Waals surface area contributed by atoms with E-state index in [1.165, 1.54) is 36.8 Å². The van der Waals surface area contributed by atoms with Gasteiger partial charge in [-0.25, -0.2) is 0 Å². The number of nitrogens with two attached hydrogens (primary N) is 1. The Morgan fingerprint density at radius 2 is 1.83 bits per heavy atom. The predicted molar refractivity (Wildman–Crippen MR) is 120 cm³/mol. The number of anilines is 1. The van der Waals surface area contributed by atoms with Crippen LogP contribution in [0.3, 0.4) is 0 Å². The van der Waals surface area contributed by atoms with Gasteiger partial charge in [-0.2, -0.15) is 0 Å². The lowest BCUT2D eigenvalue weighted by atomic mass is 9.79. The molecule has 1 fully saturated rings. The number of nitrogens with zero attached hydrogens (tertiary/aromatic N) is 2. The van der Waals surface area contributed by atoms with Crippen LogP contribution in [0.15, 0.2) is 55.4 Å². The molecule has 2 heterocycles. The molecule has 0 atom stereocenters. The molecule has 0 aliphatic heterocycles. The van der Waals surface area contributed by atoms with Crippen molar-refractivity contribution in [2.45, 2.75) is 39.0 Å². The first-order chi connectivity index (χ1) is 14.1. The first-order valence-corrected chi connectivity index (χ1v) is 10.5. The molecular weight excluding hydrogens is 358 g/mol. The van der Waals surface area contributed by atoms with E-state index in [0.29, 0.717) is 11.8 Å². The molecular formula is C25H29N3O. The van der Waals surface area contributed by atoms with E-state index in [-0.39, 0.29) is 0 Å². The lowest BCUT2D eigenvalue weighted by Gasteiger charge is -2.29. The maximum absolute atomic E-state index is 6.25. The van der Waals surface area contributed by atoms with Crippen LogP contribution in [0.5, 0.6) is 5.75 Å². The van der Waals surface area contributed by atoms with Crippen LogP contribution >= 0.6 is 0 Å². The largest absolute Gasteiger partial charge is 0.493 e. The summed E-state index contributed by atoms with van der Waals surface area (Å²) in [6.07, 6.45) is 9.62. The Morgan fingerprint density at radius 1 is 1.10 bits per heavy atom. The van der Waals surface area contributed by atoms with Crippen molar-refractivity contribution in [3.05, 3.63) is 66.6 Å². The zero-order valence-corrected chi connectivity index (χ0v) is 17.1. The van der Waals surface area contributed by atoms with E-state index in [2.05, 4.69) is 16.5 Å². The van der Waals surface area contributed by atoms with Crippen LogP contribution in [-0.4, -0.2) is 16.6 Å². The van der Waals surface area contributed by atoms with Crippen LogP contribution < -0.4 is 10.5 Å².